The molecular weight excluding hydrogens is 336 g/mol. The lowest BCUT2D eigenvalue weighted by Crippen LogP contribution is -2.42. The number of anilines is 1. The van der Waals surface area contributed by atoms with Crippen LogP contribution in [0.4, 0.5) is 5.69 Å². The van der Waals surface area contributed by atoms with Crippen molar-refractivity contribution >= 4 is 18.1 Å². The Morgan fingerprint density at radius 2 is 1.72 bits per heavy atom. The smallest absolute Gasteiger partial charge is 0.162 e. The molecule has 1 aliphatic rings. The van der Waals surface area contributed by atoms with Crippen molar-refractivity contribution in [2.45, 2.75) is 25.3 Å². The molecule has 0 amide bonds. The van der Waals surface area contributed by atoms with Gasteiger partial charge in [0, 0.05) is 30.3 Å². The fourth-order valence-corrected chi connectivity index (χ4v) is 3.34. The largest absolute Gasteiger partial charge is 0.493 e. The first-order chi connectivity index (χ1) is 11.7. The van der Waals surface area contributed by atoms with Gasteiger partial charge in [-0.05, 0) is 37.6 Å². The van der Waals surface area contributed by atoms with Crippen LogP contribution in [0.2, 0.25) is 0 Å². The number of methoxy groups -OCH3 is 2. The minimum atomic E-state index is 0. The Bertz CT molecular complexity index is 676. The molecule has 0 saturated carbocycles. The standard InChI is InChI=1S/C20H26N2O2.ClH/c1-14-4-6-15(7-5-14)17-13-21-11-10-18(17)22-16-8-9-19(23-2)20(12-16)24-3;/h4-9,12,17-18,21-22H,10-11,13H2,1-3H3;1H. The summed E-state index contributed by atoms with van der Waals surface area (Å²) in [5.41, 5.74) is 3.74. The first kappa shape index (κ1) is 19.4. The molecule has 5 heteroatoms. The minimum Gasteiger partial charge on any atom is -0.493 e. The molecule has 2 aromatic rings. The average Bonchev–Trinajstić information content (AvgIpc) is 2.63. The summed E-state index contributed by atoms with van der Waals surface area (Å²) in [5.74, 6) is 1.96. The summed E-state index contributed by atoms with van der Waals surface area (Å²) in [5, 5.41) is 7.21. The van der Waals surface area contributed by atoms with Crippen LogP contribution in [0, 0.1) is 6.92 Å². The third kappa shape index (κ3) is 4.59. The van der Waals surface area contributed by atoms with Crippen LogP contribution in [0.15, 0.2) is 42.5 Å². The average molecular weight is 363 g/mol. The van der Waals surface area contributed by atoms with Crippen molar-refractivity contribution in [1.82, 2.24) is 5.32 Å². The van der Waals surface area contributed by atoms with Crippen LogP contribution in [0.3, 0.4) is 0 Å². The first-order valence-corrected chi connectivity index (χ1v) is 8.47. The number of hydrogen-bond acceptors (Lipinski definition) is 4. The zero-order chi connectivity index (χ0) is 16.9. The fraction of sp³-hybridized carbons (Fsp3) is 0.400. The summed E-state index contributed by atoms with van der Waals surface area (Å²) < 4.78 is 10.7. The van der Waals surface area contributed by atoms with Gasteiger partial charge in [0.2, 0.25) is 0 Å². The van der Waals surface area contributed by atoms with Crippen LogP contribution in [0.5, 0.6) is 11.5 Å². The van der Waals surface area contributed by atoms with E-state index in [1.165, 1.54) is 11.1 Å². The molecule has 4 nitrogen and oxygen atoms in total. The van der Waals surface area contributed by atoms with E-state index < -0.39 is 0 Å². The number of aryl methyl sites for hydroxylation is 1. The lowest BCUT2D eigenvalue weighted by molar-refractivity contribution is 0.355. The number of halogens is 1. The van der Waals surface area contributed by atoms with Crippen molar-refractivity contribution in [2.24, 2.45) is 0 Å². The van der Waals surface area contributed by atoms with E-state index in [9.17, 15) is 0 Å². The molecule has 1 heterocycles. The summed E-state index contributed by atoms with van der Waals surface area (Å²) >= 11 is 0. The molecule has 2 atom stereocenters. The van der Waals surface area contributed by atoms with E-state index in [1.54, 1.807) is 14.2 Å². The summed E-state index contributed by atoms with van der Waals surface area (Å²) in [4.78, 5) is 0. The van der Waals surface area contributed by atoms with Gasteiger partial charge in [0.15, 0.2) is 11.5 Å². The number of nitrogens with one attached hydrogen (secondary N) is 2. The zero-order valence-corrected chi connectivity index (χ0v) is 15.9. The Labute approximate surface area is 156 Å². The maximum atomic E-state index is 5.41. The molecule has 3 rings (SSSR count). The van der Waals surface area contributed by atoms with Gasteiger partial charge in [-0.15, -0.1) is 12.4 Å². The normalized spacial score (nSPS) is 19.6. The monoisotopic (exact) mass is 362 g/mol. The maximum absolute atomic E-state index is 5.41. The molecule has 136 valence electrons. The van der Waals surface area contributed by atoms with Crippen LogP contribution in [-0.4, -0.2) is 33.4 Å². The van der Waals surface area contributed by atoms with Crippen LogP contribution in [-0.2, 0) is 0 Å². The third-order valence-electron chi connectivity index (χ3n) is 4.72. The predicted octanol–water partition coefficient (Wildman–Crippen LogP) is 3.99. The second-order valence-electron chi connectivity index (χ2n) is 6.33. The molecule has 1 saturated heterocycles. The number of rotatable bonds is 5. The van der Waals surface area contributed by atoms with Gasteiger partial charge in [0.05, 0.1) is 14.2 Å². The van der Waals surface area contributed by atoms with Crippen molar-refractivity contribution in [3.63, 3.8) is 0 Å². The summed E-state index contributed by atoms with van der Waals surface area (Å²) in [6, 6.07) is 15.3. The first-order valence-electron chi connectivity index (χ1n) is 8.47. The molecule has 0 bridgehead atoms. The van der Waals surface area contributed by atoms with E-state index >= 15 is 0 Å². The summed E-state index contributed by atoms with van der Waals surface area (Å²) in [6.07, 6.45) is 1.09. The van der Waals surface area contributed by atoms with Gasteiger partial charge in [0.25, 0.3) is 0 Å². The van der Waals surface area contributed by atoms with Gasteiger partial charge in [-0.25, -0.2) is 0 Å². The van der Waals surface area contributed by atoms with Crippen LogP contribution in [0.25, 0.3) is 0 Å². The van der Waals surface area contributed by atoms with Gasteiger partial charge < -0.3 is 20.1 Å². The van der Waals surface area contributed by atoms with Crippen LogP contribution in [0.1, 0.15) is 23.5 Å². The number of piperidine rings is 1. The summed E-state index contributed by atoms with van der Waals surface area (Å²) in [6.45, 7) is 4.16. The lowest BCUT2D eigenvalue weighted by atomic mass is 9.86. The molecule has 25 heavy (non-hydrogen) atoms. The molecule has 2 N–H and O–H groups in total. The number of benzene rings is 2. The van der Waals surface area contributed by atoms with E-state index in [0.717, 1.165) is 36.7 Å². The fourth-order valence-electron chi connectivity index (χ4n) is 3.34. The zero-order valence-electron chi connectivity index (χ0n) is 15.0. The van der Waals surface area contributed by atoms with E-state index in [4.69, 9.17) is 9.47 Å². The minimum absolute atomic E-state index is 0. The highest BCUT2D eigenvalue weighted by molar-refractivity contribution is 5.85. The van der Waals surface area contributed by atoms with Crippen molar-refractivity contribution in [1.29, 1.82) is 0 Å². The number of hydrogen-bond donors (Lipinski definition) is 2. The molecule has 2 aromatic carbocycles. The van der Waals surface area contributed by atoms with Gasteiger partial charge in [0.1, 0.15) is 0 Å². The molecule has 2 unspecified atom stereocenters. The van der Waals surface area contributed by atoms with Gasteiger partial charge in [-0.2, -0.15) is 0 Å². The molecule has 0 radical (unpaired) electrons. The van der Waals surface area contributed by atoms with E-state index in [-0.39, 0.29) is 12.4 Å². The Balaban J connectivity index is 0.00000225. The second-order valence-corrected chi connectivity index (χ2v) is 6.33. The predicted molar refractivity (Wildman–Crippen MR) is 106 cm³/mol. The Hall–Kier alpha value is -1.91. The van der Waals surface area contributed by atoms with Crippen LogP contribution >= 0.6 is 12.4 Å². The van der Waals surface area contributed by atoms with Crippen molar-refractivity contribution in [3.8, 4) is 11.5 Å². The second kappa shape index (κ2) is 8.97. The molecule has 0 spiro atoms. The van der Waals surface area contributed by atoms with Crippen molar-refractivity contribution < 1.29 is 9.47 Å². The molecule has 1 fully saturated rings. The van der Waals surface area contributed by atoms with E-state index in [0.29, 0.717) is 12.0 Å². The Morgan fingerprint density at radius 1 is 1.00 bits per heavy atom. The Morgan fingerprint density at radius 3 is 2.40 bits per heavy atom. The number of ether oxygens (including phenoxy) is 2. The highest BCUT2D eigenvalue weighted by Crippen LogP contribution is 2.32. The van der Waals surface area contributed by atoms with Crippen molar-refractivity contribution in [3.05, 3.63) is 53.6 Å². The molecule has 0 aliphatic carbocycles. The Kier molecular flexibility index (Phi) is 6.97. The van der Waals surface area contributed by atoms with Gasteiger partial charge in [-0.3, -0.25) is 0 Å². The highest BCUT2D eigenvalue weighted by atomic mass is 35.5. The van der Waals surface area contributed by atoms with Crippen molar-refractivity contribution in [2.75, 3.05) is 32.6 Å². The molecular formula is C20H27ClN2O2. The SMILES string of the molecule is COc1ccc(NC2CCNCC2c2ccc(C)cc2)cc1OC.Cl. The van der Waals surface area contributed by atoms with Gasteiger partial charge >= 0.3 is 0 Å². The van der Waals surface area contributed by atoms with Crippen LogP contribution < -0.4 is 20.1 Å². The quantitative estimate of drug-likeness (QED) is 0.843. The maximum Gasteiger partial charge on any atom is 0.162 e. The van der Waals surface area contributed by atoms with E-state index in [1.807, 2.05) is 12.1 Å². The third-order valence-corrected chi connectivity index (χ3v) is 4.72. The topological polar surface area (TPSA) is 42.5 Å². The summed E-state index contributed by atoms with van der Waals surface area (Å²) in [7, 11) is 3.33. The van der Waals surface area contributed by atoms with E-state index in [2.05, 4.69) is 47.9 Å². The molecule has 1 aliphatic heterocycles. The lowest BCUT2D eigenvalue weighted by Gasteiger charge is -2.34. The van der Waals surface area contributed by atoms with Gasteiger partial charge in [-0.1, -0.05) is 29.8 Å². The highest BCUT2D eigenvalue weighted by Gasteiger charge is 2.26. The molecule has 0 aromatic heterocycles.